The van der Waals surface area contributed by atoms with E-state index in [0.717, 1.165) is 6.07 Å². The summed E-state index contributed by atoms with van der Waals surface area (Å²) in [6.07, 6.45) is 0. The van der Waals surface area contributed by atoms with Crippen LogP contribution in [0.25, 0.3) is 0 Å². The van der Waals surface area contributed by atoms with Crippen molar-refractivity contribution in [1.82, 2.24) is 0 Å². The highest BCUT2D eigenvalue weighted by Gasteiger charge is 2.16. The summed E-state index contributed by atoms with van der Waals surface area (Å²) in [7, 11) is -4.34. The van der Waals surface area contributed by atoms with E-state index in [0.29, 0.717) is 0 Å². The number of benzene rings is 1. The minimum Gasteiger partial charge on any atom is -0.397 e. The maximum absolute atomic E-state index is 10.7. The molecule has 0 bridgehead atoms. The summed E-state index contributed by atoms with van der Waals surface area (Å²) in [5.74, 6) is 0. The van der Waals surface area contributed by atoms with Crippen LogP contribution in [0.3, 0.4) is 0 Å². The Hall–Kier alpha value is -0.980. The molecule has 0 heterocycles. The maximum Gasteiger partial charge on any atom is 0.296 e. The second-order valence-electron chi connectivity index (χ2n) is 2.36. The zero-order chi connectivity index (χ0) is 10.2. The monoisotopic (exact) mass is 222 g/mol. The molecule has 0 unspecified atom stereocenters. The first-order chi connectivity index (χ1) is 5.84. The first-order valence-corrected chi connectivity index (χ1v) is 4.97. The number of hydrogen-bond acceptors (Lipinski definition) is 4. The van der Waals surface area contributed by atoms with Crippen molar-refractivity contribution in [2.45, 2.75) is 4.90 Å². The topological polar surface area (TPSA) is 106 Å². The van der Waals surface area contributed by atoms with Gasteiger partial charge in [0.25, 0.3) is 10.1 Å². The van der Waals surface area contributed by atoms with Gasteiger partial charge in [0.15, 0.2) is 0 Å². The van der Waals surface area contributed by atoms with Crippen LogP contribution in [-0.2, 0) is 10.1 Å². The van der Waals surface area contributed by atoms with Gasteiger partial charge in [0.1, 0.15) is 4.90 Å². The quantitative estimate of drug-likeness (QED) is 0.480. The molecule has 0 aliphatic heterocycles. The molecule has 1 aromatic rings. The highest BCUT2D eigenvalue weighted by Crippen LogP contribution is 2.31. The molecule has 5 N–H and O–H groups in total. The Balaban J connectivity index is 3.53. The third kappa shape index (κ3) is 1.85. The van der Waals surface area contributed by atoms with Crippen molar-refractivity contribution >= 4 is 33.1 Å². The lowest BCUT2D eigenvalue weighted by Gasteiger charge is -2.05. The van der Waals surface area contributed by atoms with E-state index in [9.17, 15) is 8.42 Å². The normalized spacial score (nSPS) is 11.5. The summed E-state index contributed by atoms with van der Waals surface area (Å²) >= 11 is 5.56. The van der Waals surface area contributed by atoms with E-state index in [1.165, 1.54) is 6.07 Å². The van der Waals surface area contributed by atoms with Gasteiger partial charge in [-0.2, -0.15) is 8.42 Å². The van der Waals surface area contributed by atoms with Crippen LogP contribution in [0.1, 0.15) is 0 Å². The number of hydrogen-bond donors (Lipinski definition) is 3. The third-order valence-electron chi connectivity index (χ3n) is 1.45. The predicted molar refractivity (Wildman–Crippen MR) is 50.1 cm³/mol. The van der Waals surface area contributed by atoms with Gasteiger partial charge < -0.3 is 11.5 Å². The molecule has 0 aromatic heterocycles. The van der Waals surface area contributed by atoms with Crippen molar-refractivity contribution in [3.05, 3.63) is 17.2 Å². The molecule has 13 heavy (non-hydrogen) atoms. The second kappa shape index (κ2) is 3.06. The Kier molecular flexibility index (Phi) is 2.38. The number of halogens is 1. The number of rotatable bonds is 1. The van der Waals surface area contributed by atoms with Crippen LogP contribution in [0.4, 0.5) is 11.4 Å². The van der Waals surface area contributed by atoms with Crippen LogP contribution in [0.2, 0.25) is 5.02 Å². The van der Waals surface area contributed by atoms with Gasteiger partial charge in [-0.1, -0.05) is 11.6 Å². The maximum atomic E-state index is 10.7. The van der Waals surface area contributed by atoms with E-state index in [1.54, 1.807) is 0 Å². The summed E-state index contributed by atoms with van der Waals surface area (Å²) in [6, 6.07) is 2.34. The van der Waals surface area contributed by atoms with E-state index >= 15 is 0 Å². The Labute approximate surface area is 80.0 Å². The molecule has 1 aromatic carbocycles. The molecule has 0 amide bonds. The first-order valence-electron chi connectivity index (χ1n) is 3.15. The summed E-state index contributed by atoms with van der Waals surface area (Å²) in [5.41, 5.74) is 10.6. The fraction of sp³-hybridized carbons (Fsp3) is 0. The highest BCUT2D eigenvalue weighted by molar-refractivity contribution is 7.86. The van der Waals surface area contributed by atoms with Crippen molar-refractivity contribution in [2.75, 3.05) is 11.5 Å². The van der Waals surface area contributed by atoms with Crippen LogP contribution < -0.4 is 11.5 Å². The minimum atomic E-state index is -4.34. The van der Waals surface area contributed by atoms with E-state index in [2.05, 4.69) is 0 Å². The van der Waals surface area contributed by atoms with E-state index in [1.807, 2.05) is 0 Å². The lowest BCUT2D eigenvalue weighted by Crippen LogP contribution is -2.04. The van der Waals surface area contributed by atoms with E-state index in [-0.39, 0.29) is 16.4 Å². The molecule has 5 nitrogen and oxygen atoms in total. The van der Waals surface area contributed by atoms with Gasteiger partial charge in [-0.25, -0.2) is 0 Å². The smallest absolute Gasteiger partial charge is 0.296 e. The molecule has 0 fully saturated rings. The van der Waals surface area contributed by atoms with Gasteiger partial charge in [-0.15, -0.1) is 0 Å². The predicted octanol–water partition coefficient (Wildman–Crippen LogP) is 0.751. The van der Waals surface area contributed by atoms with Crippen LogP contribution in [0, 0.1) is 0 Å². The van der Waals surface area contributed by atoms with Crippen LogP contribution in [-0.4, -0.2) is 13.0 Å². The van der Waals surface area contributed by atoms with Gasteiger partial charge >= 0.3 is 0 Å². The van der Waals surface area contributed by atoms with Crippen LogP contribution >= 0.6 is 11.6 Å². The Morgan fingerprint density at radius 2 is 1.85 bits per heavy atom. The van der Waals surface area contributed by atoms with Gasteiger partial charge in [0.05, 0.1) is 16.4 Å². The lowest BCUT2D eigenvalue weighted by molar-refractivity contribution is 0.483. The number of anilines is 2. The molecular formula is C6H7ClN2O3S. The molecule has 72 valence electrons. The van der Waals surface area contributed by atoms with Gasteiger partial charge in [-0.3, -0.25) is 4.55 Å². The zero-order valence-electron chi connectivity index (χ0n) is 6.36. The van der Waals surface area contributed by atoms with E-state index in [4.69, 9.17) is 27.6 Å². The SMILES string of the molecule is Nc1ccc(S(=O)(=O)O)c(N)c1Cl. The van der Waals surface area contributed by atoms with Crippen LogP contribution in [0.5, 0.6) is 0 Å². The average molecular weight is 223 g/mol. The molecule has 0 saturated heterocycles. The van der Waals surface area contributed by atoms with Crippen molar-refractivity contribution in [3.8, 4) is 0 Å². The molecule has 0 aliphatic carbocycles. The first kappa shape index (κ1) is 10.1. The molecule has 0 atom stereocenters. The Morgan fingerprint density at radius 3 is 2.31 bits per heavy atom. The van der Waals surface area contributed by atoms with Gasteiger partial charge in [-0.05, 0) is 12.1 Å². The highest BCUT2D eigenvalue weighted by atomic mass is 35.5. The second-order valence-corrected chi connectivity index (χ2v) is 4.12. The van der Waals surface area contributed by atoms with Gasteiger partial charge in [0.2, 0.25) is 0 Å². The Morgan fingerprint density at radius 1 is 1.31 bits per heavy atom. The summed E-state index contributed by atoms with van der Waals surface area (Å²) < 4.78 is 30.1. The van der Waals surface area contributed by atoms with Gasteiger partial charge in [0, 0.05) is 0 Å². The number of nitrogens with two attached hydrogens (primary N) is 2. The standard InChI is InChI=1S/C6H7ClN2O3S/c7-5-3(8)1-2-4(6(5)9)13(10,11)12/h1-2H,8-9H2,(H,10,11,12). The summed E-state index contributed by atoms with van der Waals surface area (Å²) in [5, 5.41) is -0.0740. The summed E-state index contributed by atoms with van der Waals surface area (Å²) in [6.45, 7) is 0. The zero-order valence-corrected chi connectivity index (χ0v) is 7.93. The minimum absolute atomic E-state index is 0.0740. The summed E-state index contributed by atoms with van der Waals surface area (Å²) in [4.78, 5) is -0.438. The lowest BCUT2D eigenvalue weighted by atomic mass is 10.3. The molecule has 0 saturated carbocycles. The largest absolute Gasteiger partial charge is 0.397 e. The molecule has 7 heteroatoms. The number of nitrogen functional groups attached to an aromatic ring is 2. The van der Waals surface area contributed by atoms with Crippen molar-refractivity contribution in [1.29, 1.82) is 0 Å². The molecule has 0 radical (unpaired) electrons. The Bertz CT molecular complexity index is 443. The fourth-order valence-corrected chi connectivity index (χ4v) is 1.66. The molecule has 0 spiro atoms. The van der Waals surface area contributed by atoms with Crippen molar-refractivity contribution in [2.24, 2.45) is 0 Å². The van der Waals surface area contributed by atoms with Crippen molar-refractivity contribution < 1.29 is 13.0 Å². The van der Waals surface area contributed by atoms with E-state index < -0.39 is 15.0 Å². The average Bonchev–Trinajstić information content (AvgIpc) is 1.98. The third-order valence-corrected chi connectivity index (χ3v) is 2.78. The molecule has 0 aliphatic rings. The fourth-order valence-electron chi connectivity index (χ4n) is 0.817. The van der Waals surface area contributed by atoms with Crippen molar-refractivity contribution in [3.63, 3.8) is 0 Å². The molecular weight excluding hydrogens is 216 g/mol. The van der Waals surface area contributed by atoms with Crippen LogP contribution in [0.15, 0.2) is 17.0 Å². The molecule has 1 rings (SSSR count).